The Labute approximate surface area is 167 Å². The van der Waals surface area contributed by atoms with Gasteiger partial charge in [-0.15, -0.1) is 5.10 Å². The van der Waals surface area contributed by atoms with Crippen LogP contribution < -0.4 is 0 Å². The van der Waals surface area contributed by atoms with Crippen LogP contribution in [0.5, 0.6) is 0 Å². The van der Waals surface area contributed by atoms with Crippen LogP contribution >= 0.6 is 0 Å². The zero-order valence-corrected chi connectivity index (χ0v) is 16.0. The number of hydrogen-bond donors (Lipinski definition) is 1. The highest BCUT2D eigenvalue weighted by atomic mass is 16.4. The van der Waals surface area contributed by atoms with Crippen molar-refractivity contribution in [1.29, 1.82) is 0 Å². The Morgan fingerprint density at radius 2 is 2.00 bits per heavy atom. The minimum Gasteiger partial charge on any atom is -0.478 e. The predicted octanol–water partition coefficient (Wildman–Crippen LogP) is 2.65. The quantitative estimate of drug-likeness (QED) is 0.717. The van der Waals surface area contributed by atoms with Gasteiger partial charge in [-0.2, -0.15) is 0 Å². The highest BCUT2D eigenvalue weighted by molar-refractivity contribution is 5.88. The molecule has 1 saturated heterocycles. The number of nitrogens with zero attached hydrogens (tertiary/aromatic N) is 5. The second-order valence-corrected chi connectivity index (χ2v) is 7.38. The molecule has 1 aliphatic rings. The first-order chi connectivity index (χ1) is 14.0. The minimum atomic E-state index is -1.06. The summed E-state index contributed by atoms with van der Waals surface area (Å²) >= 11 is 0. The van der Waals surface area contributed by atoms with Gasteiger partial charge in [0, 0.05) is 24.5 Å². The molecule has 0 spiro atoms. The molecule has 3 aromatic rings. The third-order valence-electron chi connectivity index (χ3n) is 5.13. The Morgan fingerprint density at radius 3 is 2.76 bits per heavy atom. The summed E-state index contributed by atoms with van der Waals surface area (Å²) in [6, 6.07) is 11.6. The summed E-state index contributed by atoms with van der Waals surface area (Å²) in [6.07, 6.45) is 5.37. The maximum Gasteiger partial charge on any atom is 0.337 e. The second-order valence-electron chi connectivity index (χ2n) is 7.38. The number of carboxylic acids is 1. The van der Waals surface area contributed by atoms with Gasteiger partial charge in [-0.25, -0.2) is 9.48 Å². The molecule has 0 radical (unpaired) electrons. The molecule has 3 heterocycles. The van der Waals surface area contributed by atoms with Gasteiger partial charge >= 0.3 is 5.97 Å². The van der Waals surface area contributed by atoms with Gasteiger partial charge in [-0.05, 0) is 24.0 Å². The Hall–Kier alpha value is -3.55. The van der Waals surface area contributed by atoms with E-state index in [1.54, 1.807) is 6.20 Å². The highest BCUT2D eigenvalue weighted by Crippen LogP contribution is 2.35. The lowest BCUT2D eigenvalue weighted by Gasteiger charge is -2.25. The fraction of sp³-hybridized carbons (Fsp3) is 0.286. The van der Waals surface area contributed by atoms with Gasteiger partial charge in [0.1, 0.15) is 12.2 Å². The highest BCUT2D eigenvalue weighted by Gasteiger charge is 2.34. The molecule has 8 nitrogen and oxygen atoms in total. The molecule has 148 valence electrons. The first-order valence-corrected chi connectivity index (χ1v) is 9.44. The molecule has 2 unspecified atom stereocenters. The van der Waals surface area contributed by atoms with Gasteiger partial charge in [-0.1, -0.05) is 42.5 Å². The number of carboxylic acid groups (broad SMARTS) is 1. The Bertz CT molecular complexity index is 1030. The van der Waals surface area contributed by atoms with Crippen LogP contribution in [0.25, 0.3) is 11.3 Å². The molecule has 29 heavy (non-hydrogen) atoms. The molecule has 2 atom stereocenters. The van der Waals surface area contributed by atoms with Crippen LogP contribution in [-0.2, 0) is 11.3 Å². The number of likely N-dealkylation sites (tertiary alicyclic amines) is 1. The number of rotatable bonds is 5. The van der Waals surface area contributed by atoms with Gasteiger partial charge < -0.3 is 10.0 Å². The van der Waals surface area contributed by atoms with Crippen molar-refractivity contribution in [3.63, 3.8) is 0 Å². The van der Waals surface area contributed by atoms with Crippen LogP contribution in [0.4, 0.5) is 0 Å². The Morgan fingerprint density at radius 1 is 1.21 bits per heavy atom. The third-order valence-corrected chi connectivity index (χ3v) is 5.13. The summed E-state index contributed by atoms with van der Waals surface area (Å²) in [5.74, 6) is -0.644. The fourth-order valence-electron chi connectivity index (χ4n) is 3.75. The smallest absolute Gasteiger partial charge is 0.337 e. The average Bonchev–Trinajstić information content (AvgIpc) is 3.35. The third kappa shape index (κ3) is 4.01. The summed E-state index contributed by atoms with van der Waals surface area (Å²) in [5.41, 5.74) is 2.23. The molecule has 1 amide bonds. The maximum absolute atomic E-state index is 13.0. The van der Waals surface area contributed by atoms with Crippen molar-refractivity contribution < 1.29 is 14.7 Å². The molecule has 0 aliphatic carbocycles. The predicted molar refractivity (Wildman–Crippen MR) is 105 cm³/mol. The molecule has 1 fully saturated rings. The van der Waals surface area contributed by atoms with E-state index in [4.69, 9.17) is 5.11 Å². The molecular weight excluding hydrogens is 370 g/mol. The maximum atomic E-state index is 13.0. The van der Waals surface area contributed by atoms with Crippen LogP contribution in [0, 0.1) is 5.92 Å². The van der Waals surface area contributed by atoms with Crippen LogP contribution in [0.2, 0.25) is 0 Å². The van der Waals surface area contributed by atoms with Crippen LogP contribution in [0.1, 0.15) is 35.3 Å². The number of carbonyl (C=O) groups is 2. The summed E-state index contributed by atoms with van der Waals surface area (Å²) in [4.78, 5) is 30.0. The average molecular weight is 391 g/mol. The fourth-order valence-corrected chi connectivity index (χ4v) is 3.75. The van der Waals surface area contributed by atoms with E-state index in [-0.39, 0.29) is 24.1 Å². The molecule has 2 aromatic heterocycles. The van der Waals surface area contributed by atoms with Gasteiger partial charge in [0.15, 0.2) is 0 Å². The Kier molecular flexibility index (Phi) is 5.07. The Balaban J connectivity index is 1.50. The molecular formula is C21H21N5O3. The van der Waals surface area contributed by atoms with Crippen molar-refractivity contribution in [2.75, 3.05) is 6.54 Å². The van der Waals surface area contributed by atoms with E-state index in [2.05, 4.69) is 34.4 Å². The SMILES string of the molecule is CC1CC(c2ccccc2)N(C(=O)Cn2cc(-c3cncc(C(=O)O)c3)nn2)C1. The molecule has 0 saturated carbocycles. The van der Waals surface area contributed by atoms with Crippen molar-refractivity contribution in [1.82, 2.24) is 24.9 Å². The molecule has 8 heteroatoms. The standard InChI is InChI=1S/C21H21N5O3/c1-14-7-19(15-5-3-2-4-6-15)26(11-14)20(27)13-25-12-18(23-24-25)16-8-17(21(28)29)10-22-9-16/h2-6,8-10,12,14,19H,7,11,13H2,1H3,(H,28,29). The number of aromatic carboxylic acids is 1. The van der Waals surface area contributed by atoms with Gasteiger partial charge in [-0.3, -0.25) is 9.78 Å². The lowest BCUT2D eigenvalue weighted by atomic mass is 10.0. The van der Waals surface area contributed by atoms with Crippen molar-refractivity contribution in [2.24, 2.45) is 5.92 Å². The summed E-state index contributed by atoms with van der Waals surface area (Å²) in [6.45, 7) is 2.94. The zero-order valence-electron chi connectivity index (χ0n) is 16.0. The molecule has 1 aromatic carbocycles. The number of carbonyl (C=O) groups excluding carboxylic acids is 1. The van der Waals surface area contributed by atoms with Crippen LogP contribution in [-0.4, -0.2) is 48.4 Å². The number of amides is 1. The lowest BCUT2D eigenvalue weighted by molar-refractivity contribution is -0.133. The van der Waals surface area contributed by atoms with E-state index in [1.807, 2.05) is 23.1 Å². The zero-order chi connectivity index (χ0) is 20.4. The van der Waals surface area contributed by atoms with Crippen molar-refractivity contribution in [2.45, 2.75) is 25.9 Å². The van der Waals surface area contributed by atoms with Gasteiger partial charge in [0.2, 0.25) is 5.91 Å². The summed E-state index contributed by atoms with van der Waals surface area (Å²) in [7, 11) is 0. The summed E-state index contributed by atoms with van der Waals surface area (Å²) < 4.78 is 1.48. The van der Waals surface area contributed by atoms with Crippen LogP contribution in [0.3, 0.4) is 0 Å². The largest absolute Gasteiger partial charge is 0.478 e. The van der Waals surface area contributed by atoms with Gasteiger partial charge in [0.25, 0.3) is 0 Å². The first-order valence-electron chi connectivity index (χ1n) is 9.44. The first kappa shape index (κ1) is 18.8. The second kappa shape index (κ2) is 7.83. The molecule has 4 rings (SSSR count). The van der Waals surface area contributed by atoms with E-state index >= 15 is 0 Å². The molecule has 0 bridgehead atoms. The molecule has 1 aliphatic heterocycles. The lowest BCUT2D eigenvalue weighted by Crippen LogP contribution is -2.34. The van der Waals surface area contributed by atoms with Crippen molar-refractivity contribution in [3.05, 3.63) is 66.1 Å². The van der Waals surface area contributed by atoms with E-state index in [0.717, 1.165) is 12.0 Å². The van der Waals surface area contributed by atoms with E-state index in [9.17, 15) is 9.59 Å². The van der Waals surface area contributed by atoms with E-state index in [1.165, 1.54) is 23.1 Å². The van der Waals surface area contributed by atoms with E-state index in [0.29, 0.717) is 23.7 Å². The van der Waals surface area contributed by atoms with Gasteiger partial charge in [0.05, 0.1) is 17.8 Å². The number of pyridine rings is 1. The van der Waals surface area contributed by atoms with Crippen molar-refractivity contribution in [3.8, 4) is 11.3 Å². The number of aromatic nitrogens is 4. The monoisotopic (exact) mass is 391 g/mol. The number of hydrogen-bond acceptors (Lipinski definition) is 5. The molecule has 1 N–H and O–H groups in total. The normalized spacial score (nSPS) is 18.7. The van der Waals surface area contributed by atoms with Crippen LogP contribution in [0.15, 0.2) is 55.0 Å². The van der Waals surface area contributed by atoms with E-state index < -0.39 is 5.97 Å². The topological polar surface area (TPSA) is 101 Å². The summed E-state index contributed by atoms with van der Waals surface area (Å²) in [5, 5.41) is 17.2. The van der Waals surface area contributed by atoms with Crippen molar-refractivity contribution >= 4 is 11.9 Å². The minimum absolute atomic E-state index is 0.0166. The number of benzene rings is 1.